The summed E-state index contributed by atoms with van der Waals surface area (Å²) >= 11 is 28.9. The van der Waals surface area contributed by atoms with Crippen LogP contribution in [0.15, 0.2) is 42.5 Å². The second-order valence-electron chi connectivity index (χ2n) is 5.78. The molecule has 0 unspecified atom stereocenters. The molecule has 0 spiro atoms. The highest BCUT2D eigenvalue weighted by Crippen LogP contribution is 2.30. The number of nitro groups is 2. The number of rotatable bonds is 6. The summed E-state index contributed by atoms with van der Waals surface area (Å²) in [5.41, 5.74) is -1.28. The Hall–Kier alpha value is -2.44. The number of alkyl halides is 3. The molecule has 0 saturated carbocycles. The lowest BCUT2D eigenvalue weighted by Gasteiger charge is -2.27. The number of nitro benzene ring substituents is 2. The average Bonchev–Trinajstić information content (AvgIpc) is 2.68. The van der Waals surface area contributed by atoms with E-state index in [1.165, 1.54) is 0 Å². The van der Waals surface area contributed by atoms with Crippen LogP contribution in [0.2, 0.25) is 5.02 Å². The van der Waals surface area contributed by atoms with Crippen LogP contribution in [0.5, 0.6) is 0 Å². The molecule has 1 amide bonds. The average molecular weight is 527 g/mol. The van der Waals surface area contributed by atoms with Crippen LogP contribution in [0.1, 0.15) is 10.4 Å². The van der Waals surface area contributed by atoms with E-state index in [2.05, 4.69) is 16.0 Å². The lowest BCUT2D eigenvalue weighted by Crippen LogP contribution is -2.56. The highest BCUT2D eigenvalue weighted by atomic mass is 35.6. The molecular weight excluding hydrogens is 516 g/mol. The van der Waals surface area contributed by atoms with Crippen molar-refractivity contribution in [2.75, 3.05) is 5.32 Å². The van der Waals surface area contributed by atoms with E-state index in [1.54, 1.807) is 24.3 Å². The Balaban J connectivity index is 2.24. The Morgan fingerprint density at radius 3 is 2.03 bits per heavy atom. The van der Waals surface area contributed by atoms with Crippen molar-refractivity contribution in [2.45, 2.75) is 9.96 Å². The van der Waals surface area contributed by atoms with Crippen molar-refractivity contribution in [3.63, 3.8) is 0 Å². The van der Waals surface area contributed by atoms with E-state index in [4.69, 9.17) is 58.6 Å². The largest absolute Gasteiger partial charge is 0.339 e. The predicted molar refractivity (Wildman–Crippen MR) is 122 cm³/mol. The van der Waals surface area contributed by atoms with Gasteiger partial charge in [-0.25, -0.2) is 0 Å². The number of hydrogen-bond acceptors (Lipinski definition) is 6. The molecule has 2 rings (SSSR count). The molecule has 0 radical (unpaired) electrons. The van der Waals surface area contributed by atoms with Crippen molar-refractivity contribution in [3.05, 3.63) is 73.3 Å². The van der Waals surface area contributed by atoms with Gasteiger partial charge in [-0.2, -0.15) is 0 Å². The smallest absolute Gasteiger partial charge is 0.277 e. The number of halogens is 4. The van der Waals surface area contributed by atoms with Gasteiger partial charge in [0.1, 0.15) is 6.17 Å². The minimum Gasteiger partial charge on any atom is -0.339 e. The number of anilines is 1. The first kappa shape index (κ1) is 24.8. The van der Waals surface area contributed by atoms with Crippen molar-refractivity contribution >= 4 is 86.7 Å². The zero-order chi connectivity index (χ0) is 23.3. The van der Waals surface area contributed by atoms with Gasteiger partial charge in [-0.15, -0.1) is 0 Å². The summed E-state index contributed by atoms with van der Waals surface area (Å²) in [6, 6.07) is 9.03. The minimum absolute atomic E-state index is 0.0743. The van der Waals surface area contributed by atoms with Gasteiger partial charge in [-0.05, 0) is 24.4 Å². The van der Waals surface area contributed by atoms with Crippen LogP contribution in [-0.2, 0) is 0 Å². The zero-order valence-electron chi connectivity index (χ0n) is 15.0. The summed E-state index contributed by atoms with van der Waals surface area (Å²) in [4.78, 5) is 32.9. The molecular formula is C16H11Cl4N5O5S. The highest BCUT2D eigenvalue weighted by molar-refractivity contribution is 7.80. The first-order valence-corrected chi connectivity index (χ1v) is 9.94. The molecule has 164 valence electrons. The summed E-state index contributed by atoms with van der Waals surface area (Å²) < 4.78 is -2.13. The van der Waals surface area contributed by atoms with E-state index in [9.17, 15) is 25.0 Å². The number of nitrogens with one attached hydrogen (secondary N) is 3. The molecule has 0 aliphatic heterocycles. The first-order chi connectivity index (χ1) is 14.4. The van der Waals surface area contributed by atoms with Gasteiger partial charge in [-0.3, -0.25) is 25.0 Å². The Morgan fingerprint density at radius 1 is 1.00 bits per heavy atom. The lowest BCUT2D eigenvalue weighted by atomic mass is 10.1. The minimum atomic E-state index is -2.13. The predicted octanol–water partition coefficient (Wildman–Crippen LogP) is 4.57. The Bertz CT molecular complexity index is 1020. The Labute approximate surface area is 200 Å². The maximum atomic E-state index is 12.6. The topological polar surface area (TPSA) is 139 Å². The van der Waals surface area contributed by atoms with Gasteiger partial charge in [0.05, 0.1) is 32.2 Å². The number of non-ortho nitro benzene ring substituents is 2. The number of thiocarbonyl (C=S) groups is 1. The van der Waals surface area contributed by atoms with Gasteiger partial charge in [0.15, 0.2) is 5.11 Å². The SMILES string of the molecule is O=C(N[C@H](NC(=S)Nc1ccccc1Cl)C(Cl)(Cl)Cl)c1cc([N+](=O)[O-])cc([N+](=O)[O-])c1. The number of para-hydroxylation sites is 1. The molecule has 10 nitrogen and oxygen atoms in total. The molecule has 3 N–H and O–H groups in total. The third-order valence-corrected chi connectivity index (χ3v) is 4.79. The van der Waals surface area contributed by atoms with Crippen LogP contribution in [0.25, 0.3) is 0 Å². The Kier molecular flexibility index (Phi) is 8.21. The summed E-state index contributed by atoms with van der Waals surface area (Å²) in [6.07, 6.45) is -1.43. The van der Waals surface area contributed by atoms with Crippen LogP contribution in [-0.4, -0.2) is 30.8 Å². The molecule has 15 heteroatoms. The van der Waals surface area contributed by atoms with Gasteiger partial charge in [-0.1, -0.05) is 58.5 Å². The van der Waals surface area contributed by atoms with E-state index < -0.39 is 42.7 Å². The van der Waals surface area contributed by atoms with E-state index in [1.807, 2.05) is 0 Å². The number of hydrogen-bond donors (Lipinski definition) is 3. The first-order valence-electron chi connectivity index (χ1n) is 8.02. The standard InChI is InChI=1S/C16H11Cl4N5O5S/c17-11-3-1-2-4-12(11)21-15(31)23-14(16(18,19)20)22-13(26)8-5-9(24(27)28)7-10(6-8)25(29)30/h1-7,14H,(H,22,26)(H2,21,23,31)/t14-/m1/s1. The van der Waals surface area contributed by atoms with Crippen LogP contribution in [0.3, 0.4) is 0 Å². The van der Waals surface area contributed by atoms with Gasteiger partial charge in [0.2, 0.25) is 3.79 Å². The normalized spacial score (nSPS) is 11.9. The van der Waals surface area contributed by atoms with Crippen molar-refractivity contribution < 1.29 is 14.6 Å². The molecule has 2 aromatic carbocycles. The van der Waals surface area contributed by atoms with E-state index in [0.717, 1.165) is 12.1 Å². The summed E-state index contributed by atoms with van der Waals surface area (Å²) in [6.45, 7) is 0. The van der Waals surface area contributed by atoms with Gasteiger partial charge in [0, 0.05) is 12.1 Å². The quantitative estimate of drug-likeness (QED) is 0.163. The van der Waals surface area contributed by atoms with Crippen LogP contribution < -0.4 is 16.0 Å². The zero-order valence-corrected chi connectivity index (χ0v) is 18.8. The highest BCUT2D eigenvalue weighted by Gasteiger charge is 2.35. The molecule has 0 fully saturated rings. The van der Waals surface area contributed by atoms with Crippen LogP contribution >= 0.6 is 58.6 Å². The van der Waals surface area contributed by atoms with Crippen molar-refractivity contribution in [2.24, 2.45) is 0 Å². The third kappa shape index (κ3) is 7.04. The van der Waals surface area contributed by atoms with Crippen molar-refractivity contribution in [3.8, 4) is 0 Å². The molecule has 0 saturated heterocycles. The van der Waals surface area contributed by atoms with E-state index in [0.29, 0.717) is 16.8 Å². The fourth-order valence-corrected chi connectivity index (χ4v) is 2.94. The van der Waals surface area contributed by atoms with Crippen molar-refractivity contribution in [1.29, 1.82) is 0 Å². The van der Waals surface area contributed by atoms with Gasteiger partial charge in [0.25, 0.3) is 17.3 Å². The second kappa shape index (κ2) is 10.2. The monoisotopic (exact) mass is 525 g/mol. The molecule has 0 aliphatic carbocycles. The van der Waals surface area contributed by atoms with Gasteiger partial charge < -0.3 is 16.0 Å². The summed E-state index contributed by atoms with van der Waals surface area (Å²) in [7, 11) is 0. The fraction of sp³-hybridized carbons (Fsp3) is 0.125. The van der Waals surface area contributed by atoms with Gasteiger partial charge >= 0.3 is 0 Å². The van der Waals surface area contributed by atoms with E-state index >= 15 is 0 Å². The number of amides is 1. The van der Waals surface area contributed by atoms with Crippen LogP contribution in [0.4, 0.5) is 17.1 Å². The van der Waals surface area contributed by atoms with E-state index in [-0.39, 0.29) is 5.11 Å². The molecule has 1 atom stereocenters. The maximum absolute atomic E-state index is 12.6. The lowest BCUT2D eigenvalue weighted by molar-refractivity contribution is -0.394. The maximum Gasteiger partial charge on any atom is 0.277 e. The molecule has 0 bridgehead atoms. The Morgan fingerprint density at radius 2 is 1.55 bits per heavy atom. The third-order valence-electron chi connectivity index (χ3n) is 3.59. The summed E-state index contributed by atoms with van der Waals surface area (Å²) in [5.74, 6) is -0.990. The molecule has 0 heterocycles. The molecule has 0 aromatic heterocycles. The van der Waals surface area contributed by atoms with Crippen LogP contribution in [0, 0.1) is 20.2 Å². The number of carbonyl (C=O) groups excluding carboxylic acids is 1. The summed E-state index contributed by atoms with van der Waals surface area (Å²) in [5, 5.41) is 29.9. The molecule has 2 aromatic rings. The fourth-order valence-electron chi connectivity index (χ4n) is 2.20. The second-order valence-corrected chi connectivity index (χ2v) is 8.96. The number of carbonyl (C=O) groups is 1. The molecule has 31 heavy (non-hydrogen) atoms. The molecule has 0 aliphatic rings. The number of benzene rings is 2. The number of nitrogens with zero attached hydrogens (tertiary/aromatic N) is 2. The van der Waals surface area contributed by atoms with Crippen molar-refractivity contribution in [1.82, 2.24) is 10.6 Å².